The zero-order chi connectivity index (χ0) is 14.6. The summed E-state index contributed by atoms with van der Waals surface area (Å²) in [5.74, 6) is 0.682. The van der Waals surface area contributed by atoms with Gasteiger partial charge in [0.2, 0.25) is 0 Å². The van der Waals surface area contributed by atoms with Crippen LogP contribution in [-0.2, 0) is 6.54 Å². The van der Waals surface area contributed by atoms with Gasteiger partial charge in [0.25, 0.3) is 0 Å². The first-order valence-corrected chi connectivity index (χ1v) is 7.98. The predicted octanol–water partition coefficient (Wildman–Crippen LogP) is 3.07. The van der Waals surface area contributed by atoms with E-state index >= 15 is 0 Å². The Bertz CT molecular complexity index is 398. The Hall–Kier alpha value is -0.930. The van der Waals surface area contributed by atoms with Crippen molar-refractivity contribution in [2.24, 2.45) is 5.92 Å². The fourth-order valence-electron chi connectivity index (χ4n) is 3.26. The van der Waals surface area contributed by atoms with E-state index in [2.05, 4.69) is 55.0 Å². The summed E-state index contributed by atoms with van der Waals surface area (Å²) >= 11 is 0. The molecule has 112 valence electrons. The number of rotatable bonds is 5. The number of nitrogens with zero attached hydrogens (tertiary/aromatic N) is 2. The average Bonchev–Trinajstić information content (AvgIpc) is 2.48. The number of hydrogen-bond acceptors (Lipinski definition) is 3. The molecule has 2 heterocycles. The van der Waals surface area contributed by atoms with Gasteiger partial charge in [0.1, 0.15) is 0 Å². The van der Waals surface area contributed by atoms with E-state index in [4.69, 9.17) is 0 Å². The van der Waals surface area contributed by atoms with E-state index in [1.807, 2.05) is 12.4 Å². The molecule has 1 aromatic heterocycles. The lowest BCUT2D eigenvalue weighted by atomic mass is 9.85. The first kappa shape index (κ1) is 15.5. The van der Waals surface area contributed by atoms with E-state index in [1.165, 1.54) is 18.4 Å². The highest BCUT2D eigenvalue weighted by atomic mass is 15.3. The SMILES string of the molecule is CCC1(CC)CNC(C(C)C)CN1Cc1ccncc1. The van der Waals surface area contributed by atoms with Gasteiger partial charge >= 0.3 is 0 Å². The first-order valence-electron chi connectivity index (χ1n) is 7.98. The number of pyridine rings is 1. The van der Waals surface area contributed by atoms with Crippen molar-refractivity contribution in [3.63, 3.8) is 0 Å². The maximum atomic E-state index is 4.13. The van der Waals surface area contributed by atoms with Gasteiger partial charge in [0.05, 0.1) is 0 Å². The summed E-state index contributed by atoms with van der Waals surface area (Å²) < 4.78 is 0. The van der Waals surface area contributed by atoms with Crippen molar-refractivity contribution in [1.82, 2.24) is 15.2 Å². The second-order valence-electron chi connectivity index (χ2n) is 6.40. The Morgan fingerprint density at radius 1 is 1.30 bits per heavy atom. The van der Waals surface area contributed by atoms with Gasteiger partial charge in [-0.2, -0.15) is 0 Å². The fourth-order valence-corrected chi connectivity index (χ4v) is 3.26. The Morgan fingerprint density at radius 2 is 1.95 bits per heavy atom. The highest BCUT2D eigenvalue weighted by Crippen LogP contribution is 2.29. The predicted molar refractivity (Wildman–Crippen MR) is 84.6 cm³/mol. The van der Waals surface area contributed by atoms with Crippen LogP contribution < -0.4 is 5.32 Å². The van der Waals surface area contributed by atoms with Crippen LogP contribution in [0.2, 0.25) is 0 Å². The van der Waals surface area contributed by atoms with E-state index in [-0.39, 0.29) is 0 Å². The molecule has 3 heteroatoms. The minimum Gasteiger partial charge on any atom is -0.311 e. The van der Waals surface area contributed by atoms with Crippen LogP contribution in [0.4, 0.5) is 0 Å². The van der Waals surface area contributed by atoms with Gasteiger partial charge in [-0.05, 0) is 36.5 Å². The van der Waals surface area contributed by atoms with Gasteiger partial charge in [-0.3, -0.25) is 9.88 Å². The molecule has 1 fully saturated rings. The van der Waals surface area contributed by atoms with E-state index in [1.54, 1.807) is 0 Å². The molecular weight excluding hydrogens is 246 g/mol. The van der Waals surface area contributed by atoms with E-state index in [9.17, 15) is 0 Å². The van der Waals surface area contributed by atoms with Crippen LogP contribution in [0.15, 0.2) is 24.5 Å². The summed E-state index contributed by atoms with van der Waals surface area (Å²) in [5, 5.41) is 3.77. The lowest BCUT2D eigenvalue weighted by Gasteiger charge is -2.50. The Kier molecular flexibility index (Phi) is 5.17. The van der Waals surface area contributed by atoms with Crippen molar-refractivity contribution in [1.29, 1.82) is 0 Å². The van der Waals surface area contributed by atoms with Gasteiger partial charge in [0, 0.05) is 43.6 Å². The molecule has 20 heavy (non-hydrogen) atoms. The highest BCUT2D eigenvalue weighted by molar-refractivity contribution is 5.11. The van der Waals surface area contributed by atoms with E-state index in [0.717, 1.165) is 19.6 Å². The lowest BCUT2D eigenvalue weighted by Crippen LogP contribution is -2.64. The molecule has 2 rings (SSSR count). The summed E-state index contributed by atoms with van der Waals surface area (Å²) in [4.78, 5) is 6.83. The van der Waals surface area contributed by atoms with Crippen LogP contribution >= 0.6 is 0 Å². The molecule has 0 saturated carbocycles. The van der Waals surface area contributed by atoms with Crippen molar-refractivity contribution in [3.05, 3.63) is 30.1 Å². The standard InChI is InChI=1S/C17H29N3/c1-5-17(6-2)13-19-16(14(3)4)12-20(17)11-15-7-9-18-10-8-15/h7-10,14,16,19H,5-6,11-13H2,1-4H3. The first-order chi connectivity index (χ1) is 9.61. The zero-order valence-corrected chi connectivity index (χ0v) is 13.4. The van der Waals surface area contributed by atoms with Crippen LogP contribution in [0.25, 0.3) is 0 Å². The topological polar surface area (TPSA) is 28.2 Å². The number of nitrogens with one attached hydrogen (secondary N) is 1. The number of hydrogen-bond donors (Lipinski definition) is 1. The van der Waals surface area contributed by atoms with E-state index < -0.39 is 0 Å². The molecule has 1 aliphatic rings. The minimum absolute atomic E-state index is 0.300. The monoisotopic (exact) mass is 275 g/mol. The lowest BCUT2D eigenvalue weighted by molar-refractivity contribution is 0.0156. The van der Waals surface area contributed by atoms with Crippen LogP contribution in [0.1, 0.15) is 46.1 Å². The molecule has 1 unspecified atom stereocenters. The van der Waals surface area contributed by atoms with Crippen LogP contribution in [0, 0.1) is 5.92 Å². The summed E-state index contributed by atoms with van der Waals surface area (Å²) in [6.45, 7) is 12.5. The molecule has 1 aromatic rings. The molecular formula is C17H29N3. The third-order valence-electron chi connectivity index (χ3n) is 5.02. The van der Waals surface area contributed by atoms with Gasteiger partial charge in [-0.25, -0.2) is 0 Å². The molecule has 0 radical (unpaired) electrons. The van der Waals surface area contributed by atoms with Gasteiger partial charge < -0.3 is 5.32 Å². The minimum atomic E-state index is 0.300. The number of aromatic nitrogens is 1. The Morgan fingerprint density at radius 3 is 2.50 bits per heavy atom. The Labute approximate surface area is 123 Å². The second-order valence-corrected chi connectivity index (χ2v) is 6.40. The van der Waals surface area contributed by atoms with Crippen molar-refractivity contribution in [3.8, 4) is 0 Å². The molecule has 1 atom stereocenters. The molecule has 1 saturated heterocycles. The molecule has 0 amide bonds. The Balaban J connectivity index is 2.17. The zero-order valence-electron chi connectivity index (χ0n) is 13.4. The van der Waals surface area contributed by atoms with Crippen LogP contribution in [-0.4, -0.2) is 34.6 Å². The van der Waals surface area contributed by atoms with Crippen LogP contribution in [0.3, 0.4) is 0 Å². The fraction of sp³-hybridized carbons (Fsp3) is 0.706. The van der Waals surface area contributed by atoms with Crippen LogP contribution in [0.5, 0.6) is 0 Å². The highest BCUT2D eigenvalue weighted by Gasteiger charge is 2.39. The van der Waals surface area contributed by atoms with E-state index in [0.29, 0.717) is 17.5 Å². The largest absolute Gasteiger partial charge is 0.311 e. The summed E-state index contributed by atoms with van der Waals surface area (Å²) in [6.07, 6.45) is 6.20. The molecule has 1 aliphatic heterocycles. The van der Waals surface area contributed by atoms with Gasteiger partial charge in [-0.1, -0.05) is 27.7 Å². The number of piperazine rings is 1. The molecule has 0 spiro atoms. The van der Waals surface area contributed by atoms with Crippen molar-refractivity contribution in [2.45, 2.75) is 58.7 Å². The molecule has 3 nitrogen and oxygen atoms in total. The molecule has 1 N–H and O–H groups in total. The third-order valence-corrected chi connectivity index (χ3v) is 5.02. The van der Waals surface area contributed by atoms with Crippen molar-refractivity contribution >= 4 is 0 Å². The maximum absolute atomic E-state index is 4.13. The normalized spacial score (nSPS) is 23.1. The molecule has 0 bridgehead atoms. The molecule has 0 aromatic carbocycles. The summed E-state index contributed by atoms with van der Waals surface area (Å²) in [5.41, 5.74) is 1.67. The average molecular weight is 275 g/mol. The van der Waals surface area contributed by atoms with Gasteiger partial charge in [0.15, 0.2) is 0 Å². The second kappa shape index (κ2) is 6.68. The summed E-state index contributed by atoms with van der Waals surface area (Å²) in [6, 6.07) is 4.88. The van der Waals surface area contributed by atoms with Crippen molar-refractivity contribution < 1.29 is 0 Å². The third kappa shape index (κ3) is 3.21. The molecule has 0 aliphatic carbocycles. The quantitative estimate of drug-likeness (QED) is 0.895. The maximum Gasteiger partial charge on any atom is 0.0333 e. The smallest absolute Gasteiger partial charge is 0.0333 e. The van der Waals surface area contributed by atoms with Crippen molar-refractivity contribution in [2.75, 3.05) is 13.1 Å². The summed E-state index contributed by atoms with van der Waals surface area (Å²) in [7, 11) is 0. The van der Waals surface area contributed by atoms with Gasteiger partial charge in [-0.15, -0.1) is 0 Å².